The van der Waals surface area contributed by atoms with Gasteiger partial charge in [0.05, 0.1) is 13.2 Å². The molecule has 0 aliphatic carbocycles. The highest BCUT2D eigenvalue weighted by molar-refractivity contribution is 4.78. The summed E-state index contributed by atoms with van der Waals surface area (Å²) in [5, 5.41) is 0. The van der Waals surface area contributed by atoms with E-state index in [1.807, 2.05) is 0 Å². The van der Waals surface area contributed by atoms with Crippen molar-refractivity contribution in [1.29, 1.82) is 0 Å². The van der Waals surface area contributed by atoms with E-state index in [2.05, 4.69) is 25.8 Å². The zero-order chi connectivity index (χ0) is 10.9. The summed E-state index contributed by atoms with van der Waals surface area (Å²) in [5.41, 5.74) is 0.196. The van der Waals surface area contributed by atoms with Gasteiger partial charge in [0.2, 0.25) is 0 Å². The molecule has 2 saturated heterocycles. The normalized spacial score (nSPS) is 30.6. The molecular formula is C12H23NO2. The predicted octanol–water partition coefficient (Wildman–Crippen LogP) is 1.73. The molecule has 0 spiro atoms. The first-order chi connectivity index (χ1) is 7.07. The van der Waals surface area contributed by atoms with Crippen LogP contribution in [0.5, 0.6) is 0 Å². The minimum absolute atomic E-state index is 0.0618. The van der Waals surface area contributed by atoms with E-state index < -0.39 is 0 Å². The molecular weight excluding hydrogens is 190 g/mol. The van der Waals surface area contributed by atoms with Crippen LogP contribution in [-0.2, 0) is 9.47 Å². The molecule has 0 aromatic heterocycles. The van der Waals surface area contributed by atoms with Gasteiger partial charge in [-0.1, -0.05) is 13.8 Å². The van der Waals surface area contributed by atoms with Gasteiger partial charge < -0.3 is 14.4 Å². The topological polar surface area (TPSA) is 21.7 Å². The quantitative estimate of drug-likeness (QED) is 0.662. The van der Waals surface area contributed by atoms with Gasteiger partial charge in [0, 0.05) is 11.3 Å². The van der Waals surface area contributed by atoms with E-state index in [4.69, 9.17) is 9.47 Å². The first-order valence-electron chi connectivity index (χ1n) is 5.99. The monoisotopic (exact) mass is 213 g/mol. The molecule has 2 rings (SSSR count). The molecule has 0 atom stereocenters. The smallest absolute Gasteiger partial charge is 0.160 e. The van der Waals surface area contributed by atoms with Crippen LogP contribution in [-0.4, -0.2) is 44.5 Å². The molecule has 3 nitrogen and oxygen atoms in total. The molecule has 3 heteroatoms. The zero-order valence-electron chi connectivity index (χ0n) is 10.2. The lowest BCUT2D eigenvalue weighted by atomic mass is 9.92. The summed E-state index contributed by atoms with van der Waals surface area (Å²) in [5.74, 6) is 0.609. The molecule has 2 heterocycles. The van der Waals surface area contributed by atoms with Gasteiger partial charge in [0.15, 0.2) is 6.29 Å². The lowest BCUT2D eigenvalue weighted by molar-refractivity contribution is -0.247. The van der Waals surface area contributed by atoms with E-state index in [9.17, 15) is 0 Å². The van der Waals surface area contributed by atoms with Crippen molar-refractivity contribution in [2.45, 2.75) is 33.0 Å². The fourth-order valence-electron chi connectivity index (χ4n) is 2.28. The van der Waals surface area contributed by atoms with Crippen molar-refractivity contribution in [2.75, 3.05) is 33.4 Å². The molecule has 0 radical (unpaired) electrons. The molecule has 15 heavy (non-hydrogen) atoms. The van der Waals surface area contributed by atoms with Crippen molar-refractivity contribution in [2.24, 2.45) is 11.3 Å². The minimum Gasteiger partial charge on any atom is -0.352 e. The molecule has 0 saturated carbocycles. The number of piperidine rings is 1. The van der Waals surface area contributed by atoms with Crippen molar-refractivity contribution in [3.63, 3.8) is 0 Å². The van der Waals surface area contributed by atoms with Crippen LogP contribution in [0.2, 0.25) is 0 Å². The summed E-state index contributed by atoms with van der Waals surface area (Å²) in [6, 6.07) is 0. The third-order valence-electron chi connectivity index (χ3n) is 3.42. The molecule has 2 aliphatic heterocycles. The van der Waals surface area contributed by atoms with Crippen LogP contribution in [0.1, 0.15) is 26.7 Å². The Morgan fingerprint density at radius 1 is 1.07 bits per heavy atom. The highest BCUT2D eigenvalue weighted by Crippen LogP contribution is 2.30. The van der Waals surface area contributed by atoms with Gasteiger partial charge in [0.1, 0.15) is 0 Å². The Morgan fingerprint density at radius 3 is 2.13 bits per heavy atom. The number of nitrogens with zero attached hydrogens (tertiary/aromatic N) is 1. The third kappa shape index (κ3) is 2.92. The van der Waals surface area contributed by atoms with Crippen molar-refractivity contribution in [3.8, 4) is 0 Å². The molecule has 0 aromatic rings. The summed E-state index contributed by atoms with van der Waals surface area (Å²) in [6.45, 7) is 8.41. The molecule has 0 unspecified atom stereocenters. The van der Waals surface area contributed by atoms with Gasteiger partial charge in [0.25, 0.3) is 0 Å². The second kappa shape index (κ2) is 4.40. The Bertz CT molecular complexity index is 200. The van der Waals surface area contributed by atoms with Gasteiger partial charge in [-0.25, -0.2) is 0 Å². The fraction of sp³-hybridized carbons (Fsp3) is 1.00. The summed E-state index contributed by atoms with van der Waals surface area (Å²) in [6.07, 6.45) is 2.48. The number of likely N-dealkylation sites (tertiary alicyclic amines) is 1. The maximum Gasteiger partial charge on any atom is 0.160 e. The molecule has 0 N–H and O–H groups in total. The van der Waals surface area contributed by atoms with Crippen LogP contribution in [0.3, 0.4) is 0 Å². The van der Waals surface area contributed by atoms with Crippen LogP contribution in [0.25, 0.3) is 0 Å². The Balaban J connectivity index is 1.80. The summed E-state index contributed by atoms with van der Waals surface area (Å²) in [4.78, 5) is 2.38. The highest BCUT2D eigenvalue weighted by Gasteiger charge is 2.34. The maximum absolute atomic E-state index is 5.83. The minimum atomic E-state index is 0.0618. The number of hydrogen-bond acceptors (Lipinski definition) is 3. The second-order valence-corrected chi connectivity index (χ2v) is 5.80. The summed E-state index contributed by atoms with van der Waals surface area (Å²) < 4.78 is 11.7. The lowest BCUT2D eigenvalue weighted by Gasteiger charge is -2.40. The van der Waals surface area contributed by atoms with Crippen LogP contribution < -0.4 is 0 Å². The van der Waals surface area contributed by atoms with Gasteiger partial charge >= 0.3 is 0 Å². The average Bonchev–Trinajstić information content (AvgIpc) is 2.20. The Morgan fingerprint density at radius 2 is 1.60 bits per heavy atom. The number of hydrogen-bond donors (Lipinski definition) is 0. The first kappa shape index (κ1) is 11.4. The van der Waals surface area contributed by atoms with Gasteiger partial charge in [-0.3, -0.25) is 0 Å². The third-order valence-corrected chi connectivity index (χ3v) is 3.42. The highest BCUT2D eigenvalue weighted by atomic mass is 16.7. The van der Waals surface area contributed by atoms with Gasteiger partial charge in [-0.05, 0) is 33.0 Å². The van der Waals surface area contributed by atoms with Crippen LogP contribution in [0, 0.1) is 11.3 Å². The number of ether oxygens (including phenoxy) is 2. The largest absolute Gasteiger partial charge is 0.352 e. The zero-order valence-corrected chi connectivity index (χ0v) is 10.2. The Kier molecular flexibility index (Phi) is 3.33. The predicted molar refractivity (Wildman–Crippen MR) is 59.7 cm³/mol. The van der Waals surface area contributed by atoms with Crippen molar-refractivity contribution < 1.29 is 9.47 Å². The van der Waals surface area contributed by atoms with Crippen LogP contribution in [0.4, 0.5) is 0 Å². The Hall–Kier alpha value is -0.120. The van der Waals surface area contributed by atoms with Gasteiger partial charge in [-0.2, -0.15) is 0 Å². The average molecular weight is 213 g/mol. The molecule has 2 fully saturated rings. The van der Waals surface area contributed by atoms with Gasteiger partial charge in [-0.15, -0.1) is 0 Å². The standard InChI is InChI=1S/C12H23NO2/c1-12(2)8-14-11(15-9-12)10-4-6-13(3)7-5-10/h10-11H,4-9H2,1-3H3. The fourth-order valence-corrected chi connectivity index (χ4v) is 2.28. The molecule has 0 amide bonds. The van der Waals surface area contributed by atoms with Crippen molar-refractivity contribution in [1.82, 2.24) is 4.90 Å². The van der Waals surface area contributed by atoms with Crippen molar-refractivity contribution >= 4 is 0 Å². The first-order valence-corrected chi connectivity index (χ1v) is 5.99. The Labute approximate surface area is 92.7 Å². The molecule has 0 aromatic carbocycles. The second-order valence-electron chi connectivity index (χ2n) is 5.80. The summed E-state index contributed by atoms with van der Waals surface area (Å²) in [7, 11) is 2.18. The van der Waals surface area contributed by atoms with E-state index in [1.165, 1.54) is 25.9 Å². The van der Waals surface area contributed by atoms with Crippen molar-refractivity contribution in [3.05, 3.63) is 0 Å². The van der Waals surface area contributed by atoms with E-state index in [1.54, 1.807) is 0 Å². The number of rotatable bonds is 1. The van der Waals surface area contributed by atoms with Crippen LogP contribution >= 0.6 is 0 Å². The summed E-state index contributed by atoms with van der Waals surface area (Å²) >= 11 is 0. The maximum atomic E-state index is 5.83. The van der Waals surface area contributed by atoms with Crippen LogP contribution in [0.15, 0.2) is 0 Å². The van der Waals surface area contributed by atoms with E-state index in [-0.39, 0.29) is 11.7 Å². The van der Waals surface area contributed by atoms with E-state index in [0.29, 0.717) is 5.92 Å². The molecule has 88 valence electrons. The molecule has 2 aliphatic rings. The SMILES string of the molecule is CN1CCC(C2OCC(C)(C)CO2)CC1. The van der Waals surface area contributed by atoms with E-state index >= 15 is 0 Å². The lowest BCUT2D eigenvalue weighted by Crippen LogP contribution is -2.44. The molecule has 0 bridgehead atoms. The van der Waals surface area contributed by atoms with E-state index in [0.717, 1.165) is 13.2 Å².